The molecule has 1 saturated carbocycles. The van der Waals surface area contributed by atoms with Crippen LogP contribution in [0.1, 0.15) is 58.3 Å². The van der Waals surface area contributed by atoms with Gasteiger partial charge in [0.25, 0.3) is 10.2 Å². The molecule has 0 aromatic carbocycles. The molecule has 1 fully saturated rings. The zero-order chi connectivity index (χ0) is 16.1. The number of carbonyl (C=O) groups is 1. The molecule has 1 N–H and O–H groups in total. The van der Waals surface area contributed by atoms with Crippen LogP contribution in [0.2, 0.25) is 0 Å². The van der Waals surface area contributed by atoms with Crippen LogP contribution in [0.4, 0.5) is 0 Å². The molecule has 21 heavy (non-hydrogen) atoms. The third-order valence-corrected chi connectivity index (χ3v) is 6.55. The second-order valence-corrected chi connectivity index (χ2v) is 8.07. The Bertz CT molecular complexity index is 444. The molecule has 0 aliphatic heterocycles. The monoisotopic (exact) mass is 320 g/mol. The van der Waals surface area contributed by atoms with Crippen molar-refractivity contribution in [2.75, 3.05) is 20.6 Å². The number of aliphatic carboxylic acids is 1. The van der Waals surface area contributed by atoms with Crippen molar-refractivity contribution in [1.29, 1.82) is 0 Å². The number of rotatable bonds is 8. The molecule has 6 nitrogen and oxygen atoms in total. The van der Waals surface area contributed by atoms with Crippen molar-refractivity contribution in [3.63, 3.8) is 0 Å². The van der Waals surface area contributed by atoms with Crippen LogP contribution in [0, 0.1) is 0 Å². The van der Waals surface area contributed by atoms with E-state index in [2.05, 4.69) is 0 Å². The van der Waals surface area contributed by atoms with Crippen molar-refractivity contribution in [3.8, 4) is 0 Å². The van der Waals surface area contributed by atoms with Crippen LogP contribution < -0.4 is 0 Å². The van der Waals surface area contributed by atoms with Crippen LogP contribution in [-0.4, -0.2) is 54.3 Å². The Labute approximate surface area is 128 Å². The summed E-state index contributed by atoms with van der Waals surface area (Å²) < 4.78 is 28.0. The fraction of sp³-hybridized carbons (Fsp3) is 0.929. The summed E-state index contributed by atoms with van der Waals surface area (Å²) in [6, 6.07) is 0. The van der Waals surface area contributed by atoms with Gasteiger partial charge in [0.15, 0.2) is 0 Å². The largest absolute Gasteiger partial charge is 0.481 e. The van der Waals surface area contributed by atoms with E-state index in [-0.39, 0.29) is 6.42 Å². The van der Waals surface area contributed by atoms with Crippen LogP contribution in [0.5, 0.6) is 0 Å². The molecule has 0 atom stereocenters. The van der Waals surface area contributed by atoms with E-state index >= 15 is 0 Å². The Morgan fingerprint density at radius 2 is 1.76 bits per heavy atom. The number of hydrogen-bond donors (Lipinski definition) is 1. The standard InChI is InChI=1S/C14H28N2O4S/c1-4-5-11-15(2)21(19,20)16(3)14(12-13(17)18)9-7-6-8-10-14/h4-12H2,1-3H3,(H,17,18). The maximum atomic E-state index is 12.7. The van der Waals surface area contributed by atoms with Gasteiger partial charge in [-0.1, -0.05) is 32.6 Å². The predicted octanol–water partition coefficient (Wildman–Crippen LogP) is 2.07. The van der Waals surface area contributed by atoms with Gasteiger partial charge < -0.3 is 5.11 Å². The SMILES string of the molecule is CCCCN(C)S(=O)(=O)N(C)C1(CC(=O)O)CCCCC1. The highest BCUT2D eigenvalue weighted by molar-refractivity contribution is 7.86. The number of carboxylic acid groups (broad SMARTS) is 1. The first-order valence-electron chi connectivity index (χ1n) is 7.68. The zero-order valence-corrected chi connectivity index (χ0v) is 14.2. The average molecular weight is 320 g/mol. The molecule has 0 aromatic heterocycles. The van der Waals surface area contributed by atoms with Gasteiger partial charge in [-0.2, -0.15) is 17.0 Å². The van der Waals surface area contributed by atoms with Gasteiger partial charge in [0.1, 0.15) is 0 Å². The van der Waals surface area contributed by atoms with Crippen molar-refractivity contribution in [2.45, 2.75) is 63.8 Å². The molecule has 7 heteroatoms. The van der Waals surface area contributed by atoms with Crippen molar-refractivity contribution >= 4 is 16.2 Å². The Morgan fingerprint density at radius 1 is 1.19 bits per heavy atom. The third-order valence-electron chi connectivity index (χ3n) is 4.50. The van der Waals surface area contributed by atoms with E-state index in [0.717, 1.165) is 32.1 Å². The lowest BCUT2D eigenvalue weighted by molar-refractivity contribution is -0.140. The van der Waals surface area contributed by atoms with Crippen LogP contribution in [0.15, 0.2) is 0 Å². The van der Waals surface area contributed by atoms with Crippen molar-refractivity contribution in [1.82, 2.24) is 8.61 Å². The van der Waals surface area contributed by atoms with E-state index in [0.29, 0.717) is 19.4 Å². The first kappa shape index (κ1) is 18.4. The minimum atomic E-state index is -3.61. The summed E-state index contributed by atoms with van der Waals surface area (Å²) in [5.41, 5.74) is -0.774. The quantitative estimate of drug-likeness (QED) is 0.742. The van der Waals surface area contributed by atoms with Gasteiger partial charge in [-0.05, 0) is 19.3 Å². The topological polar surface area (TPSA) is 77.9 Å². The molecule has 0 radical (unpaired) electrons. The van der Waals surface area contributed by atoms with E-state index in [4.69, 9.17) is 0 Å². The van der Waals surface area contributed by atoms with E-state index in [9.17, 15) is 18.3 Å². The summed E-state index contributed by atoms with van der Waals surface area (Å²) in [6.07, 6.45) is 5.65. The van der Waals surface area contributed by atoms with Gasteiger partial charge in [-0.15, -0.1) is 0 Å². The Balaban J connectivity index is 2.98. The lowest BCUT2D eigenvalue weighted by Gasteiger charge is -2.44. The van der Waals surface area contributed by atoms with Crippen LogP contribution in [-0.2, 0) is 15.0 Å². The summed E-state index contributed by atoms with van der Waals surface area (Å²) in [5, 5.41) is 9.19. The molecule has 1 rings (SSSR count). The number of hydrogen-bond acceptors (Lipinski definition) is 3. The minimum absolute atomic E-state index is 0.121. The number of unbranched alkanes of at least 4 members (excludes halogenated alkanes) is 1. The maximum Gasteiger partial charge on any atom is 0.305 e. The molecule has 0 saturated heterocycles. The van der Waals surface area contributed by atoms with Gasteiger partial charge >= 0.3 is 5.97 Å². The average Bonchev–Trinajstić information content (AvgIpc) is 2.43. The summed E-state index contributed by atoms with van der Waals surface area (Å²) in [4.78, 5) is 11.2. The molecule has 0 spiro atoms. The van der Waals surface area contributed by atoms with Crippen LogP contribution in [0.3, 0.4) is 0 Å². The van der Waals surface area contributed by atoms with E-state index < -0.39 is 21.7 Å². The van der Waals surface area contributed by atoms with Crippen LogP contribution >= 0.6 is 0 Å². The fourth-order valence-electron chi connectivity index (χ4n) is 3.04. The first-order chi connectivity index (χ1) is 9.76. The number of carboxylic acids is 1. The molecule has 0 unspecified atom stereocenters. The Morgan fingerprint density at radius 3 is 2.24 bits per heavy atom. The van der Waals surface area contributed by atoms with Crippen molar-refractivity contribution in [2.24, 2.45) is 0 Å². The second kappa shape index (κ2) is 7.56. The highest BCUT2D eigenvalue weighted by atomic mass is 32.2. The summed E-state index contributed by atoms with van der Waals surface area (Å²) in [5.74, 6) is -0.935. The molecule has 0 heterocycles. The summed E-state index contributed by atoms with van der Waals surface area (Å²) in [7, 11) is -0.510. The molecular formula is C14H28N2O4S. The zero-order valence-electron chi connectivity index (χ0n) is 13.3. The smallest absolute Gasteiger partial charge is 0.305 e. The van der Waals surface area contributed by atoms with Gasteiger partial charge in [0.2, 0.25) is 0 Å². The second-order valence-electron chi connectivity index (χ2n) is 6.01. The molecule has 0 aromatic rings. The molecule has 0 amide bonds. The summed E-state index contributed by atoms with van der Waals surface area (Å²) in [6.45, 7) is 2.48. The third kappa shape index (κ3) is 4.40. The van der Waals surface area contributed by atoms with Gasteiger partial charge in [0.05, 0.1) is 6.42 Å². The van der Waals surface area contributed by atoms with Crippen LogP contribution in [0.25, 0.3) is 0 Å². The summed E-state index contributed by atoms with van der Waals surface area (Å²) >= 11 is 0. The normalized spacial score (nSPS) is 19.1. The lowest BCUT2D eigenvalue weighted by atomic mass is 9.79. The maximum absolute atomic E-state index is 12.7. The van der Waals surface area contributed by atoms with E-state index in [1.54, 1.807) is 7.05 Å². The highest BCUT2D eigenvalue weighted by Gasteiger charge is 2.44. The van der Waals surface area contributed by atoms with Crippen molar-refractivity contribution < 1.29 is 18.3 Å². The molecule has 0 bridgehead atoms. The predicted molar refractivity (Wildman–Crippen MR) is 82.3 cm³/mol. The van der Waals surface area contributed by atoms with Gasteiger partial charge in [-0.25, -0.2) is 0 Å². The highest BCUT2D eigenvalue weighted by Crippen LogP contribution is 2.37. The van der Waals surface area contributed by atoms with Crippen molar-refractivity contribution in [3.05, 3.63) is 0 Å². The van der Waals surface area contributed by atoms with Gasteiger partial charge in [0, 0.05) is 26.2 Å². The molecular weight excluding hydrogens is 292 g/mol. The molecule has 1 aliphatic carbocycles. The molecule has 124 valence electrons. The van der Waals surface area contributed by atoms with E-state index in [1.165, 1.54) is 15.7 Å². The van der Waals surface area contributed by atoms with Gasteiger partial charge in [-0.3, -0.25) is 4.79 Å². The minimum Gasteiger partial charge on any atom is -0.481 e. The lowest BCUT2D eigenvalue weighted by Crippen LogP contribution is -2.55. The Hall–Kier alpha value is -0.660. The Kier molecular flexibility index (Phi) is 6.62. The number of nitrogens with zero attached hydrogens (tertiary/aromatic N) is 2. The van der Waals surface area contributed by atoms with E-state index in [1.807, 2.05) is 6.92 Å². The molecule has 1 aliphatic rings. The first-order valence-corrected chi connectivity index (χ1v) is 9.08. The fourth-order valence-corrected chi connectivity index (χ4v) is 4.56.